The number of aryl methyl sites for hydroxylation is 1. The van der Waals surface area contributed by atoms with Gasteiger partial charge < -0.3 is 19.7 Å². The minimum absolute atomic E-state index is 0.136. The molecule has 11 heteroatoms. The van der Waals surface area contributed by atoms with Gasteiger partial charge in [0.1, 0.15) is 16.8 Å². The van der Waals surface area contributed by atoms with Crippen molar-refractivity contribution in [3.63, 3.8) is 0 Å². The highest BCUT2D eigenvalue weighted by atomic mass is 32.2. The van der Waals surface area contributed by atoms with E-state index in [1.165, 1.54) is 22.6 Å². The molecular weight excluding hydrogens is 468 g/mol. The van der Waals surface area contributed by atoms with Crippen LogP contribution >= 0.6 is 11.8 Å². The molecule has 3 aromatic rings. The van der Waals surface area contributed by atoms with E-state index in [2.05, 4.69) is 15.4 Å². The third-order valence-corrected chi connectivity index (χ3v) is 6.70. The second-order valence-electron chi connectivity index (χ2n) is 7.96. The van der Waals surface area contributed by atoms with Crippen molar-refractivity contribution >= 4 is 45.5 Å². The van der Waals surface area contributed by atoms with Gasteiger partial charge in [0.2, 0.25) is 5.91 Å². The van der Waals surface area contributed by atoms with Gasteiger partial charge in [-0.05, 0) is 37.0 Å². The molecule has 0 radical (unpaired) electrons. The SMILES string of the molecule is CCOC(=O)c1cnn(-c2cc(C)c3cccc(OC)c3n2)c1NC(=O)CC1=CSC2=NCCN12. The van der Waals surface area contributed by atoms with Gasteiger partial charge in [-0.3, -0.25) is 9.79 Å². The zero-order chi connectivity index (χ0) is 24.5. The van der Waals surface area contributed by atoms with Crippen molar-refractivity contribution in [3.8, 4) is 11.6 Å². The average Bonchev–Trinajstić information content (AvgIpc) is 3.56. The molecule has 2 aliphatic heterocycles. The first kappa shape index (κ1) is 22.9. The minimum atomic E-state index is -0.575. The highest BCUT2D eigenvalue weighted by molar-refractivity contribution is 8.16. The first-order chi connectivity index (χ1) is 17.0. The summed E-state index contributed by atoms with van der Waals surface area (Å²) in [6.45, 7) is 5.36. The van der Waals surface area contributed by atoms with Gasteiger partial charge in [0, 0.05) is 17.6 Å². The Balaban J connectivity index is 1.52. The number of ether oxygens (including phenoxy) is 2. The van der Waals surface area contributed by atoms with E-state index in [9.17, 15) is 9.59 Å². The molecule has 0 unspecified atom stereocenters. The summed E-state index contributed by atoms with van der Waals surface area (Å²) in [4.78, 5) is 36.9. The minimum Gasteiger partial charge on any atom is -0.494 e. The zero-order valence-corrected chi connectivity index (χ0v) is 20.4. The molecule has 10 nitrogen and oxygen atoms in total. The molecule has 0 fully saturated rings. The van der Waals surface area contributed by atoms with Crippen molar-refractivity contribution in [1.29, 1.82) is 0 Å². The Morgan fingerprint density at radius 3 is 2.94 bits per heavy atom. The molecule has 0 saturated carbocycles. The summed E-state index contributed by atoms with van der Waals surface area (Å²) in [5.74, 6) is 0.400. The Bertz CT molecular complexity index is 1400. The molecule has 2 aliphatic rings. The van der Waals surface area contributed by atoms with Crippen LogP contribution in [-0.2, 0) is 9.53 Å². The quantitative estimate of drug-likeness (QED) is 0.499. The van der Waals surface area contributed by atoms with Crippen LogP contribution in [0.2, 0.25) is 0 Å². The molecule has 5 rings (SSSR count). The van der Waals surface area contributed by atoms with Crippen molar-refractivity contribution in [2.24, 2.45) is 4.99 Å². The zero-order valence-electron chi connectivity index (χ0n) is 19.6. The van der Waals surface area contributed by atoms with Crippen LogP contribution in [0.4, 0.5) is 5.82 Å². The average molecular weight is 493 g/mol. The first-order valence-corrected chi connectivity index (χ1v) is 12.1. The number of nitrogens with one attached hydrogen (secondary N) is 1. The number of carbonyl (C=O) groups is 2. The number of anilines is 1. The lowest BCUT2D eigenvalue weighted by atomic mass is 10.1. The Kier molecular flexibility index (Phi) is 6.16. The molecule has 35 heavy (non-hydrogen) atoms. The van der Waals surface area contributed by atoms with E-state index < -0.39 is 5.97 Å². The van der Waals surface area contributed by atoms with Crippen molar-refractivity contribution < 1.29 is 19.1 Å². The van der Waals surface area contributed by atoms with E-state index in [0.29, 0.717) is 17.1 Å². The highest BCUT2D eigenvalue weighted by Crippen LogP contribution is 2.32. The number of carbonyl (C=O) groups excluding carboxylic acids is 2. The van der Waals surface area contributed by atoms with Crippen molar-refractivity contribution in [2.45, 2.75) is 20.3 Å². The standard InChI is InChI=1S/C24H24N6O4S/c1-4-34-23(32)17-12-26-30(19-10-14(2)16-6-5-7-18(33-3)21(16)27-19)22(17)28-20(31)11-15-13-35-24-25-8-9-29(15)24/h5-7,10,12-13H,4,8-9,11H2,1-3H3,(H,28,31). The number of esters is 1. The van der Waals surface area contributed by atoms with E-state index in [1.807, 2.05) is 41.5 Å². The van der Waals surface area contributed by atoms with Crippen LogP contribution in [0.3, 0.4) is 0 Å². The molecule has 0 spiro atoms. The smallest absolute Gasteiger partial charge is 0.343 e. The van der Waals surface area contributed by atoms with Crippen LogP contribution in [0.1, 0.15) is 29.3 Å². The number of pyridine rings is 1. The second kappa shape index (κ2) is 9.41. The van der Waals surface area contributed by atoms with Gasteiger partial charge in [0.25, 0.3) is 0 Å². The first-order valence-electron chi connectivity index (χ1n) is 11.2. The molecule has 180 valence electrons. The third kappa shape index (κ3) is 4.23. The summed E-state index contributed by atoms with van der Waals surface area (Å²) >= 11 is 1.51. The summed E-state index contributed by atoms with van der Waals surface area (Å²) in [6, 6.07) is 7.55. The van der Waals surface area contributed by atoms with Gasteiger partial charge in [0.15, 0.2) is 16.8 Å². The van der Waals surface area contributed by atoms with Crippen LogP contribution in [0, 0.1) is 6.92 Å². The Morgan fingerprint density at radius 1 is 1.29 bits per heavy atom. The van der Waals surface area contributed by atoms with Crippen LogP contribution in [-0.4, -0.2) is 63.5 Å². The molecule has 0 atom stereocenters. The molecule has 0 aliphatic carbocycles. The van der Waals surface area contributed by atoms with E-state index in [-0.39, 0.29) is 30.3 Å². The summed E-state index contributed by atoms with van der Waals surface area (Å²) in [5, 5.41) is 11.0. The lowest BCUT2D eigenvalue weighted by Gasteiger charge is -2.17. The number of amidine groups is 1. The van der Waals surface area contributed by atoms with Gasteiger partial charge in [0.05, 0.1) is 32.9 Å². The monoisotopic (exact) mass is 492 g/mol. The number of thioether (sulfide) groups is 1. The number of fused-ring (bicyclic) bond motifs is 2. The van der Waals surface area contributed by atoms with Gasteiger partial charge in [-0.2, -0.15) is 9.78 Å². The molecular formula is C24H24N6O4S. The second-order valence-corrected chi connectivity index (χ2v) is 8.80. The van der Waals surface area contributed by atoms with E-state index in [1.54, 1.807) is 14.0 Å². The highest BCUT2D eigenvalue weighted by Gasteiger charge is 2.29. The number of methoxy groups -OCH3 is 1. The van der Waals surface area contributed by atoms with Crippen LogP contribution in [0.25, 0.3) is 16.7 Å². The fourth-order valence-corrected chi connectivity index (χ4v) is 5.06. The van der Waals surface area contributed by atoms with Crippen molar-refractivity contribution in [2.75, 3.05) is 32.1 Å². The number of amides is 1. The Labute approximate surface area is 206 Å². The molecule has 1 aromatic carbocycles. The van der Waals surface area contributed by atoms with Gasteiger partial charge >= 0.3 is 5.97 Å². The number of hydrogen-bond acceptors (Lipinski definition) is 9. The van der Waals surface area contributed by atoms with Gasteiger partial charge in [-0.1, -0.05) is 23.9 Å². The third-order valence-electron chi connectivity index (χ3n) is 5.75. The number of aromatic nitrogens is 3. The number of nitrogens with zero attached hydrogens (tertiary/aromatic N) is 5. The maximum atomic E-state index is 13.1. The molecule has 4 heterocycles. The largest absolute Gasteiger partial charge is 0.494 e. The van der Waals surface area contributed by atoms with E-state index in [0.717, 1.165) is 34.9 Å². The van der Waals surface area contributed by atoms with Gasteiger partial charge in [-0.15, -0.1) is 0 Å². The number of aliphatic imine (C=N–C) groups is 1. The predicted octanol–water partition coefficient (Wildman–Crippen LogP) is 3.50. The predicted molar refractivity (Wildman–Crippen MR) is 134 cm³/mol. The van der Waals surface area contributed by atoms with E-state index in [4.69, 9.17) is 14.5 Å². The molecule has 1 amide bonds. The number of para-hydroxylation sites is 1. The van der Waals surface area contributed by atoms with E-state index >= 15 is 0 Å². The molecule has 2 aromatic heterocycles. The number of benzene rings is 1. The number of hydrogen-bond donors (Lipinski definition) is 1. The van der Waals surface area contributed by atoms with Gasteiger partial charge in [-0.25, -0.2) is 9.78 Å². The number of rotatable bonds is 7. The Hall–Kier alpha value is -3.86. The lowest BCUT2D eigenvalue weighted by molar-refractivity contribution is -0.115. The van der Waals surface area contributed by atoms with Crippen LogP contribution in [0.15, 0.2) is 46.6 Å². The maximum Gasteiger partial charge on any atom is 0.343 e. The molecule has 0 saturated heterocycles. The fourth-order valence-electron chi connectivity index (χ4n) is 4.10. The summed E-state index contributed by atoms with van der Waals surface area (Å²) in [6.07, 6.45) is 1.52. The molecule has 1 N–H and O–H groups in total. The lowest BCUT2D eigenvalue weighted by Crippen LogP contribution is -2.25. The maximum absolute atomic E-state index is 13.1. The summed E-state index contributed by atoms with van der Waals surface area (Å²) < 4.78 is 12.1. The topological polar surface area (TPSA) is 111 Å². The summed E-state index contributed by atoms with van der Waals surface area (Å²) in [5.41, 5.74) is 2.63. The van der Waals surface area contributed by atoms with Crippen molar-refractivity contribution in [1.82, 2.24) is 19.7 Å². The van der Waals surface area contributed by atoms with Crippen LogP contribution in [0.5, 0.6) is 5.75 Å². The summed E-state index contributed by atoms with van der Waals surface area (Å²) in [7, 11) is 1.59. The fraction of sp³-hybridized carbons (Fsp3) is 0.292. The van der Waals surface area contributed by atoms with Crippen molar-refractivity contribution in [3.05, 3.63) is 52.7 Å². The molecule has 0 bridgehead atoms. The Morgan fingerprint density at radius 2 is 2.14 bits per heavy atom. The normalized spacial score (nSPS) is 14.5. The van der Waals surface area contributed by atoms with Crippen LogP contribution < -0.4 is 10.1 Å².